The Bertz CT molecular complexity index is 2240. The van der Waals surface area contributed by atoms with Gasteiger partial charge < -0.3 is 20.3 Å². The number of likely N-dealkylation sites (tertiary alicyclic amines) is 1. The summed E-state index contributed by atoms with van der Waals surface area (Å²) in [5.74, 6) is -0.785. The van der Waals surface area contributed by atoms with Gasteiger partial charge >= 0.3 is 0 Å². The summed E-state index contributed by atoms with van der Waals surface area (Å²) < 4.78 is 6.40. The molecular formula is C43H48ClN9O6. The van der Waals surface area contributed by atoms with Crippen molar-refractivity contribution in [2.75, 3.05) is 55.6 Å². The molecular weight excluding hydrogens is 774 g/mol. The number of fused-ring (bicyclic) bond motifs is 1. The van der Waals surface area contributed by atoms with E-state index in [0.717, 1.165) is 75.1 Å². The van der Waals surface area contributed by atoms with Crippen LogP contribution in [0.25, 0.3) is 0 Å². The van der Waals surface area contributed by atoms with E-state index >= 15 is 0 Å². The van der Waals surface area contributed by atoms with Gasteiger partial charge in [0.1, 0.15) is 35.5 Å². The van der Waals surface area contributed by atoms with Crippen LogP contribution < -0.4 is 20.3 Å². The first kappa shape index (κ1) is 40.2. The number of piperidine rings is 2. The second kappa shape index (κ2) is 15.2. The van der Waals surface area contributed by atoms with Gasteiger partial charge in [-0.05, 0) is 55.5 Å². The molecule has 3 aromatic rings. The Labute approximate surface area is 348 Å². The molecule has 2 N–H and O–H groups in total. The number of amides is 5. The van der Waals surface area contributed by atoms with Crippen LogP contribution in [0.4, 0.5) is 11.5 Å². The lowest BCUT2D eigenvalue weighted by atomic mass is 9.48. The Balaban J connectivity index is 0.886. The Hall–Kier alpha value is -5.59. The van der Waals surface area contributed by atoms with Gasteiger partial charge in [0.05, 0.1) is 40.1 Å². The van der Waals surface area contributed by atoms with E-state index in [-0.39, 0.29) is 40.6 Å². The van der Waals surface area contributed by atoms with Gasteiger partial charge in [0.15, 0.2) is 0 Å². The second-order valence-electron chi connectivity index (χ2n) is 17.5. The van der Waals surface area contributed by atoms with Gasteiger partial charge in [0.2, 0.25) is 5.91 Å². The molecule has 5 aliphatic rings. The van der Waals surface area contributed by atoms with Crippen LogP contribution >= 0.6 is 11.6 Å². The maximum atomic E-state index is 14.4. The molecule has 5 heterocycles. The molecule has 3 saturated heterocycles. The summed E-state index contributed by atoms with van der Waals surface area (Å²) in [6, 6.07) is 10.5. The zero-order chi connectivity index (χ0) is 42.0. The lowest BCUT2D eigenvalue weighted by Crippen LogP contribution is -2.77. The minimum absolute atomic E-state index is 0.0127. The first-order valence-electron chi connectivity index (χ1n) is 20.2. The zero-order valence-electron chi connectivity index (χ0n) is 33.7. The Kier molecular flexibility index (Phi) is 10.4. The minimum Gasteiger partial charge on any atom is -0.489 e. The summed E-state index contributed by atoms with van der Waals surface area (Å²) in [6.07, 6.45) is 4.71. The van der Waals surface area contributed by atoms with Gasteiger partial charge in [0, 0.05) is 74.8 Å². The summed E-state index contributed by atoms with van der Waals surface area (Å²) in [5.41, 5.74) is 5.75. The average molecular weight is 822 g/mol. The predicted octanol–water partition coefficient (Wildman–Crippen LogP) is 4.13. The summed E-state index contributed by atoms with van der Waals surface area (Å²) in [5, 5.41) is 9.55. The van der Waals surface area contributed by atoms with Crippen molar-refractivity contribution in [2.24, 2.45) is 22.5 Å². The van der Waals surface area contributed by atoms with E-state index in [1.54, 1.807) is 36.5 Å². The highest BCUT2D eigenvalue weighted by Crippen LogP contribution is 2.58. The summed E-state index contributed by atoms with van der Waals surface area (Å²) >= 11 is 6.27. The van der Waals surface area contributed by atoms with Gasteiger partial charge in [-0.15, -0.1) is 0 Å². The maximum Gasteiger partial charge on any atom is 0.268 e. The number of imide groups is 2. The molecule has 0 radical (unpaired) electrons. The van der Waals surface area contributed by atoms with Gasteiger partial charge in [-0.3, -0.25) is 38.7 Å². The van der Waals surface area contributed by atoms with E-state index in [0.29, 0.717) is 17.2 Å². The third-order valence-electron chi connectivity index (χ3n) is 13.1. The van der Waals surface area contributed by atoms with Crippen molar-refractivity contribution < 1.29 is 28.7 Å². The molecule has 1 atom stereocenters. The Morgan fingerprint density at radius 3 is 2.19 bits per heavy atom. The van der Waals surface area contributed by atoms with E-state index in [4.69, 9.17) is 22.1 Å². The van der Waals surface area contributed by atoms with E-state index in [1.165, 1.54) is 11.1 Å². The molecule has 1 aromatic heterocycles. The van der Waals surface area contributed by atoms with Crippen LogP contribution in [-0.2, 0) is 9.59 Å². The molecule has 4 aliphatic heterocycles. The standard InChI is InChI=1S/C43H48ClN9O6/c1-42(2)40(43(3,4)41(42)59-28-7-5-26(21-45)31(44)20-28)53-35(54)10-9-33(39(53)58)52-37(56)29-8-6-27(19-30(29)38(52)57)50-17-15-49(16-18-50)24-25-11-13-51(14-12-25)34-23-47-32(22-48-34)36(46)55/h5-8,19-20,22-23,25,33,40-41H,9-18,24H2,1-4H3,(H2,46,55). The van der Waals surface area contributed by atoms with Gasteiger partial charge in [-0.1, -0.05) is 39.3 Å². The number of hydrogen-bond donors (Lipinski definition) is 1. The average Bonchev–Trinajstić information content (AvgIpc) is 3.46. The highest BCUT2D eigenvalue weighted by Gasteiger charge is 2.68. The molecule has 59 heavy (non-hydrogen) atoms. The molecule has 2 aromatic carbocycles. The fourth-order valence-electron chi connectivity index (χ4n) is 10.4. The van der Waals surface area contributed by atoms with E-state index < -0.39 is 52.6 Å². The van der Waals surface area contributed by atoms with Crippen molar-refractivity contribution in [3.63, 3.8) is 0 Å². The number of carbonyl (C=O) groups is 5. The van der Waals surface area contributed by atoms with Crippen LogP contribution in [0.2, 0.25) is 5.02 Å². The van der Waals surface area contributed by atoms with Crippen LogP contribution in [0.1, 0.15) is 90.1 Å². The van der Waals surface area contributed by atoms with Crippen molar-refractivity contribution in [3.8, 4) is 11.8 Å². The molecule has 0 bridgehead atoms. The van der Waals surface area contributed by atoms with Crippen molar-refractivity contribution in [1.82, 2.24) is 24.7 Å². The normalized spacial score (nSPS) is 24.5. The minimum atomic E-state index is -1.11. The molecule has 1 aliphatic carbocycles. The van der Waals surface area contributed by atoms with Gasteiger partial charge in [-0.25, -0.2) is 9.97 Å². The van der Waals surface area contributed by atoms with Crippen LogP contribution in [0, 0.1) is 28.1 Å². The zero-order valence-corrected chi connectivity index (χ0v) is 34.4. The number of primary amides is 1. The molecule has 1 saturated carbocycles. The van der Waals surface area contributed by atoms with Crippen LogP contribution in [0.15, 0.2) is 48.8 Å². The molecule has 308 valence electrons. The Morgan fingerprint density at radius 2 is 1.56 bits per heavy atom. The Morgan fingerprint density at radius 1 is 0.864 bits per heavy atom. The topological polar surface area (TPSA) is 186 Å². The van der Waals surface area contributed by atoms with Crippen LogP contribution in [0.3, 0.4) is 0 Å². The smallest absolute Gasteiger partial charge is 0.268 e. The fraction of sp³-hybridized carbons (Fsp3) is 0.488. The molecule has 8 rings (SSSR count). The third kappa shape index (κ3) is 7.05. The maximum absolute atomic E-state index is 14.4. The number of ether oxygens (including phenoxy) is 1. The fourth-order valence-corrected chi connectivity index (χ4v) is 10.6. The number of hydrogen-bond acceptors (Lipinski definition) is 12. The lowest BCUT2D eigenvalue weighted by molar-refractivity contribution is -0.216. The summed E-state index contributed by atoms with van der Waals surface area (Å²) in [6.45, 7) is 13.7. The number of benzene rings is 2. The van der Waals surface area contributed by atoms with Gasteiger partial charge in [-0.2, -0.15) is 5.26 Å². The number of nitriles is 1. The molecule has 5 amide bonds. The van der Waals surface area contributed by atoms with Crippen molar-refractivity contribution in [3.05, 3.63) is 76.2 Å². The molecule has 15 nitrogen and oxygen atoms in total. The van der Waals surface area contributed by atoms with Crippen molar-refractivity contribution >= 4 is 52.6 Å². The van der Waals surface area contributed by atoms with Crippen LogP contribution in [-0.4, -0.2) is 118 Å². The highest BCUT2D eigenvalue weighted by molar-refractivity contribution is 6.31. The molecule has 16 heteroatoms. The quantitative estimate of drug-likeness (QED) is 0.305. The predicted molar refractivity (Wildman–Crippen MR) is 218 cm³/mol. The van der Waals surface area contributed by atoms with Crippen molar-refractivity contribution in [1.29, 1.82) is 5.26 Å². The highest BCUT2D eigenvalue weighted by atomic mass is 35.5. The first-order valence-corrected chi connectivity index (χ1v) is 20.6. The number of rotatable bonds is 9. The number of nitrogens with two attached hydrogens (primary N) is 1. The number of carbonyl (C=O) groups excluding carboxylic acids is 5. The van der Waals surface area contributed by atoms with Crippen molar-refractivity contribution in [2.45, 2.75) is 71.6 Å². The second-order valence-corrected chi connectivity index (χ2v) is 17.9. The largest absolute Gasteiger partial charge is 0.489 e. The summed E-state index contributed by atoms with van der Waals surface area (Å²) in [7, 11) is 0. The molecule has 0 spiro atoms. The van der Waals surface area contributed by atoms with Crippen LogP contribution in [0.5, 0.6) is 5.75 Å². The van der Waals surface area contributed by atoms with Gasteiger partial charge in [0.25, 0.3) is 23.6 Å². The number of piperazine rings is 1. The lowest BCUT2D eigenvalue weighted by Gasteiger charge is -2.65. The molecule has 1 unspecified atom stereocenters. The van der Waals surface area contributed by atoms with E-state index in [1.807, 2.05) is 39.8 Å². The first-order chi connectivity index (χ1) is 28.1. The molecule has 4 fully saturated rings. The number of halogens is 1. The SMILES string of the molecule is CC1(C)C(Oc2ccc(C#N)c(Cl)c2)C(C)(C)C1N1C(=O)CCC(N2C(=O)c3ccc(N4CCN(CC5CCN(c6cnc(C(N)=O)cn6)CC5)CC4)cc3C2=O)C1=O. The number of anilines is 2. The number of nitrogens with zero attached hydrogens (tertiary/aromatic N) is 8. The monoisotopic (exact) mass is 821 g/mol. The van der Waals surface area contributed by atoms with E-state index in [2.05, 4.69) is 24.7 Å². The van der Waals surface area contributed by atoms with E-state index in [9.17, 15) is 29.2 Å². The summed E-state index contributed by atoms with van der Waals surface area (Å²) in [4.78, 5) is 85.0. The number of aromatic nitrogens is 2. The third-order valence-corrected chi connectivity index (χ3v) is 13.4.